The average molecular weight is 364 g/mol. The Morgan fingerprint density at radius 1 is 1.08 bits per heavy atom. The highest BCUT2D eigenvalue weighted by molar-refractivity contribution is 5.72. The summed E-state index contributed by atoms with van der Waals surface area (Å²) in [7, 11) is 0. The summed E-state index contributed by atoms with van der Waals surface area (Å²) in [6.07, 6.45) is 4.00. The minimum Gasteiger partial charge on any atom is -0.461 e. The van der Waals surface area contributed by atoms with E-state index < -0.39 is 12.4 Å². The van der Waals surface area contributed by atoms with Gasteiger partial charge in [0.25, 0.3) is 0 Å². The van der Waals surface area contributed by atoms with E-state index in [9.17, 15) is 13.6 Å². The van der Waals surface area contributed by atoms with Crippen LogP contribution in [0, 0.1) is 17.8 Å². The van der Waals surface area contributed by atoms with Gasteiger partial charge in [0.1, 0.15) is 0 Å². The molecule has 2 fully saturated rings. The van der Waals surface area contributed by atoms with Gasteiger partial charge in [0.15, 0.2) is 6.29 Å². The van der Waals surface area contributed by atoms with Gasteiger partial charge in [0.2, 0.25) is 0 Å². The summed E-state index contributed by atoms with van der Waals surface area (Å²) in [5, 5.41) is 0. The lowest BCUT2D eigenvalue weighted by atomic mass is 9.82. The molecule has 0 aromatic heterocycles. The number of ether oxygens (including phenoxy) is 3. The van der Waals surface area contributed by atoms with E-state index in [-0.39, 0.29) is 18.8 Å². The number of carbonyl (C=O) groups is 1. The van der Waals surface area contributed by atoms with Gasteiger partial charge < -0.3 is 14.2 Å². The fourth-order valence-corrected chi connectivity index (χ4v) is 3.38. The Balaban J connectivity index is 0.00000151. The lowest BCUT2D eigenvalue weighted by Gasteiger charge is -2.37. The number of esters is 1. The van der Waals surface area contributed by atoms with Gasteiger partial charge in [-0.1, -0.05) is 33.6 Å². The maximum atomic E-state index is 12.1. The summed E-state index contributed by atoms with van der Waals surface area (Å²) in [6, 6.07) is 0. The Bertz CT molecular complexity index is 349. The number of hydrogen-bond donors (Lipinski definition) is 0. The molecule has 1 heterocycles. The van der Waals surface area contributed by atoms with Crippen molar-refractivity contribution in [2.24, 2.45) is 17.8 Å². The Kier molecular flexibility index (Phi) is 11.2. The number of unbranched alkanes of at least 4 members (excludes halogenated alkanes) is 1. The van der Waals surface area contributed by atoms with Crippen LogP contribution in [0.1, 0.15) is 65.7 Å². The molecule has 2 rings (SSSR count). The van der Waals surface area contributed by atoms with Crippen molar-refractivity contribution in [3.8, 4) is 0 Å². The number of carbonyl (C=O) groups excluding carboxylic acids is 1. The van der Waals surface area contributed by atoms with E-state index in [0.717, 1.165) is 45.3 Å². The molecule has 0 aromatic rings. The van der Waals surface area contributed by atoms with Crippen LogP contribution in [0.2, 0.25) is 0 Å². The molecule has 4 nitrogen and oxygen atoms in total. The van der Waals surface area contributed by atoms with Crippen LogP contribution in [0.5, 0.6) is 0 Å². The number of rotatable bonds is 7. The molecule has 0 N–H and O–H groups in total. The highest BCUT2D eigenvalue weighted by Gasteiger charge is 2.33. The number of hydrogen-bond acceptors (Lipinski definition) is 4. The Hall–Kier alpha value is -0.750. The predicted molar refractivity (Wildman–Crippen MR) is 92.5 cm³/mol. The third-order valence-electron chi connectivity index (χ3n) is 4.87. The summed E-state index contributed by atoms with van der Waals surface area (Å²) >= 11 is 0. The van der Waals surface area contributed by atoms with E-state index in [1.165, 1.54) is 12.8 Å². The second-order valence-electron chi connectivity index (χ2n) is 6.75. The zero-order valence-corrected chi connectivity index (χ0v) is 15.8. The van der Waals surface area contributed by atoms with E-state index >= 15 is 0 Å². The van der Waals surface area contributed by atoms with E-state index in [1.54, 1.807) is 0 Å². The SMILES string of the molecule is CC.CCCCC1COC(C2CCC(COC(=O)C(F)F)CC2)OC1. The minimum atomic E-state index is -3.03. The first-order valence-corrected chi connectivity index (χ1v) is 9.78. The Morgan fingerprint density at radius 2 is 1.68 bits per heavy atom. The van der Waals surface area contributed by atoms with Crippen LogP contribution in [0.25, 0.3) is 0 Å². The molecule has 1 aliphatic heterocycles. The molecular formula is C19H34F2O4. The van der Waals surface area contributed by atoms with Gasteiger partial charge in [-0.05, 0) is 38.0 Å². The van der Waals surface area contributed by atoms with Crippen LogP contribution in [-0.2, 0) is 19.0 Å². The van der Waals surface area contributed by atoms with Crippen LogP contribution < -0.4 is 0 Å². The molecule has 1 saturated heterocycles. The first-order chi connectivity index (χ1) is 12.1. The quantitative estimate of drug-likeness (QED) is 0.608. The molecule has 0 bridgehead atoms. The van der Waals surface area contributed by atoms with Crippen molar-refractivity contribution >= 4 is 5.97 Å². The molecule has 0 atom stereocenters. The van der Waals surface area contributed by atoms with Crippen molar-refractivity contribution in [1.82, 2.24) is 0 Å². The van der Waals surface area contributed by atoms with Crippen molar-refractivity contribution in [3.05, 3.63) is 0 Å². The van der Waals surface area contributed by atoms with Crippen molar-refractivity contribution in [2.75, 3.05) is 19.8 Å². The minimum absolute atomic E-state index is 0.0986. The molecule has 0 amide bonds. The highest BCUT2D eigenvalue weighted by Crippen LogP contribution is 2.34. The van der Waals surface area contributed by atoms with Crippen molar-refractivity contribution in [2.45, 2.75) is 78.4 Å². The van der Waals surface area contributed by atoms with E-state index in [4.69, 9.17) is 9.47 Å². The zero-order chi connectivity index (χ0) is 18.7. The van der Waals surface area contributed by atoms with E-state index in [0.29, 0.717) is 11.8 Å². The molecule has 0 spiro atoms. The lowest BCUT2D eigenvalue weighted by molar-refractivity contribution is -0.230. The van der Waals surface area contributed by atoms with Gasteiger partial charge in [-0.3, -0.25) is 0 Å². The Labute approximate surface area is 150 Å². The van der Waals surface area contributed by atoms with Crippen LogP contribution in [0.3, 0.4) is 0 Å². The third-order valence-corrected chi connectivity index (χ3v) is 4.87. The second kappa shape index (κ2) is 12.6. The highest BCUT2D eigenvalue weighted by atomic mass is 19.3. The molecule has 25 heavy (non-hydrogen) atoms. The van der Waals surface area contributed by atoms with Gasteiger partial charge in [0.05, 0.1) is 19.8 Å². The summed E-state index contributed by atoms with van der Waals surface area (Å²) < 4.78 is 40.6. The third kappa shape index (κ3) is 7.99. The maximum Gasteiger partial charge on any atom is 0.373 e. The topological polar surface area (TPSA) is 44.8 Å². The van der Waals surface area contributed by atoms with Crippen molar-refractivity contribution in [1.29, 1.82) is 0 Å². The Morgan fingerprint density at radius 3 is 2.20 bits per heavy atom. The first kappa shape index (κ1) is 22.3. The largest absolute Gasteiger partial charge is 0.461 e. The van der Waals surface area contributed by atoms with Gasteiger partial charge in [-0.15, -0.1) is 0 Å². The van der Waals surface area contributed by atoms with Crippen LogP contribution in [0.4, 0.5) is 8.78 Å². The smallest absolute Gasteiger partial charge is 0.373 e. The van der Waals surface area contributed by atoms with Gasteiger partial charge in [-0.2, -0.15) is 8.78 Å². The molecule has 2 aliphatic rings. The van der Waals surface area contributed by atoms with Gasteiger partial charge in [-0.25, -0.2) is 4.79 Å². The number of halogens is 2. The molecule has 6 heteroatoms. The van der Waals surface area contributed by atoms with Crippen LogP contribution in [0.15, 0.2) is 0 Å². The zero-order valence-electron chi connectivity index (χ0n) is 15.8. The fourth-order valence-electron chi connectivity index (χ4n) is 3.38. The van der Waals surface area contributed by atoms with Crippen LogP contribution in [-0.4, -0.2) is 38.5 Å². The molecule has 0 aromatic carbocycles. The van der Waals surface area contributed by atoms with Crippen molar-refractivity contribution < 1.29 is 27.8 Å². The average Bonchev–Trinajstić information content (AvgIpc) is 2.67. The molecule has 0 radical (unpaired) electrons. The monoisotopic (exact) mass is 364 g/mol. The molecule has 148 valence electrons. The first-order valence-electron chi connectivity index (χ1n) is 9.78. The predicted octanol–water partition coefficient (Wildman–Crippen LogP) is 4.81. The normalized spacial score (nSPS) is 29.7. The molecule has 1 aliphatic carbocycles. The molecular weight excluding hydrogens is 330 g/mol. The standard InChI is InChI=1S/C17H28F2O4.C2H6/c1-2-3-4-13-10-22-17(23-11-13)14-7-5-12(6-8-14)9-21-16(20)15(18)19;1-2/h12-15,17H,2-11H2,1H3;1-2H3. The lowest BCUT2D eigenvalue weighted by Crippen LogP contribution is -2.38. The van der Waals surface area contributed by atoms with Gasteiger partial charge >= 0.3 is 12.4 Å². The maximum absolute atomic E-state index is 12.1. The number of alkyl halides is 2. The van der Waals surface area contributed by atoms with E-state index in [2.05, 4.69) is 11.7 Å². The fraction of sp³-hybridized carbons (Fsp3) is 0.947. The van der Waals surface area contributed by atoms with E-state index in [1.807, 2.05) is 13.8 Å². The van der Waals surface area contributed by atoms with Crippen LogP contribution >= 0.6 is 0 Å². The van der Waals surface area contributed by atoms with Gasteiger partial charge in [0, 0.05) is 11.8 Å². The summed E-state index contributed by atoms with van der Waals surface area (Å²) in [5.74, 6) is -0.362. The summed E-state index contributed by atoms with van der Waals surface area (Å²) in [6.45, 7) is 7.83. The molecule has 0 unspecified atom stereocenters. The summed E-state index contributed by atoms with van der Waals surface area (Å²) in [4.78, 5) is 10.8. The molecule has 1 saturated carbocycles. The summed E-state index contributed by atoms with van der Waals surface area (Å²) in [5.41, 5.74) is 0. The van der Waals surface area contributed by atoms with Crippen molar-refractivity contribution in [3.63, 3.8) is 0 Å². The second-order valence-corrected chi connectivity index (χ2v) is 6.75.